The lowest BCUT2D eigenvalue weighted by molar-refractivity contribution is -0.170. The van der Waals surface area contributed by atoms with E-state index in [2.05, 4.69) is 22.9 Å². The highest BCUT2D eigenvalue weighted by atomic mass is 16.6. The smallest absolute Gasteiger partial charge is 0.335 e. The second-order valence-corrected chi connectivity index (χ2v) is 30.4. The maximum atomic E-state index is 14.3. The predicted octanol–water partition coefficient (Wildman–Crippen LogP) is 6.99. The summed E-state index contributed by atoms with van der Waals surface area (Å²) in [5.41, 5.74) is 0.299. The molecule has 0 saturated carbocycles. The summed E-state index contributed by atoms with van der Waals surface area (Å²) >= 11 is 0. The second kappa shape index (κ2) is 44.3. The molecule has 23 nitrogen and oxygen atoms in total. The molecular formula is C78H129N3O20. The molecule has 3 amide bonds. The van der Waals surface area contributed by atoms with Crippen molar-refractivity contribution in [3.63, 3.8) is 0 Å². The molecular weight excluding hydrogens is 1300 g/mol. The zero-order valence-corrected chi connectivity index (χ0v) is 63.6. The van der Waals surface area contributed by atoms with E-state index in [1.807, 2.05) is 52.0 Å². The van der Waals surface area contributed by atoms with Crippen LogP contribution in [0.1, 0.15) is 182 Å². The summed E-state index contributed by atoms with van der Waals surface area (Å²) < 4.78 is 18.2. The standard InChI is InChI=1S/C78H129N3O20/c1-42(2)36-57(79-64(87)34-35-78(17,18)74(94)54(15)67(88)43(3)4)71(92)50(11)40-48(9)69(90)46(7)31-33-59(84)53(14)75(95)81-65(55(16)82)73-52(13)58(83)32-30-45(6)68(89)47(8)39-49(10)70(91)51(12)60(85)41-56-37-44(5)38-62(100-56)61(99-19)28-26-24-22-20-21-23-25-27-29-63(86)80-66(77(98)101-73)72(93)76(96)97/h22-30,34-35,39-40,42-44,46-47,50-62,65-73,82-85,88-93H,20-21,31-33,36-38,41H2,1-19H3,(H,79,87)(H,80,86)(H,81,95)(H,96,97)/b24-22+,25-23+,28-26+,29-27+,35-34+,45-30+,48-40+,49-39+/t44-,46-,47+,50-,51+,52+,53+,54+,55-,56-,57-,58+,59+,60-,61+,62-,65+,66-,67+,68+,69+,70+,71-,72+,73-/m0/s1. The number of aliphatic hydroxyl groups is 10. The molecule has 2 aliphatic rings. The Hall–Kier alpha value is -5.54. The van der Waals surface area contributed by atoms with E-state index < -0.39 is 162 Å². The van der Waals surface area contributed by atoms with Gasteiger partial charge in [0.15, 0.2) is 12.1 Å². The minimum absolute atomic E-state index is 0.0328. The number of nitrogens with one attached hydrogen (secondary N) is 3. The number of ketones is 1. The van der Waals surface area contributed by atoms with Gasteiger partial charge in [0, 0.05) is 48.2 Å². The summed E-state index contributed by atoms with van der Waals surface area (Å²) in [6.07, 6.45) is 8.06. The molecule has 23 heteroatoms. The van der Waals surface area contributed by atoms with Gasteiger partial charge in [0.1, 0.15) is 18.0 Å². The fourth-order valence-corrected chi connectivity index (χ4v) is 13.1. The Kier molecular flexibility index (Phi) is 40.2. The van der Waals surface area contributed by atoms with Crippen LogP contribution in [0.5, 0.6) is 0 Å². The molecule has 0 radical (unpaired) electrons. The second-order valence-electron chi connectivity index (χ2n) is 30.4. The van der Waals surface area contributed by atoms with Gasteiger partial charge in [-0.15, -0.1) is 0 Å². The van der Waals surface area contributed by atoms with Gasteiger partial charge in [-0.1, -0.05) is 150 Å². The fraction of sp³-hybridized carbons (Fsp3) is 0.718. The molecule has 14 N–H and O–H groups in total. The first-order chi connectivity index (χ1) is 47.0. The molecule has 0 aromatic carbocycles. The summed E-state index contributed by atoms with van der Waals surface area (Å²) in [5, 5.41) is 132. The first-order valence-electron chi connectivity index (χ1n) is 36.3. The van der Waals surface area contributed by atoms with Crippen molar-refractivity contribution in [1.82, 2.24) is 16.0 Å². The third-order valence-electron chi connectivity index (χ3n) is 20.1. The molecule has 1 saturated heterocycles. The molecule has 1 fully saturated rings. The molecule has 0 aromatic heterocycles. The van der Waals surface area contributed by atoms with Crippen LogP contribution in [0.4, 0.5) is 0 Å². The molecule has 576 valence electrons. The Morgan fingerprint density at radius 1 is 0.762 bits per heavy atom. The number of esters is 1. The number of carboxylic acid groups (broad SMARTS) is 1. The molecule has 101 heavy (non-hydrogen) atoms. The van der Waals surface area contributed by atoms with Gasteiger partial charge in [-0.25, -0.2) is 9.59 Å². The van der Waals surface area contributed by atoms with Gasteiger partial charge in [-0.05, 0) is 146 Å². The van der Waals surface area contributed by atoms with Crippen LogP contribution in [0, 0.1) is 64.6 Å². The number of hydrogen-bond acceptors (Lipinski definition) is 19. The van der Waals surface area contributed by atoms with Gasteiger partial charge >= 0.3 is 11.9 Å². The highest BCUT2D eigenvalue weighted by Crippen LogP contribution is 2.34. The maximum absolute atomic E-state index is 14.3. The Morgan fingerprint density at radius 3 is 1.95 bits per heavy atom. The van der Waals surface area contributed by atoms with Crippen LogP contribution in [0.3, 0.4) is 0 Å². The zero-order valence-electron chi connectivity index (χ0n) is 63.6. The summed E-state index contributed by atoms with van der Waals surface area (Å²) in [6, 6.07) is -4.61. The average Bonchev–Trinajstić information content (AvgIpc) is 0.848. The molecule has 0 aromatic rings. The number of amides is 3. The number of Topliss-reactive ketones (excluding diaryl/α,β-unsaturated/α-hetero) is 1. The largest absolute Gasteiger partial charge is 0.479 e. The number of methoxy groups -OCH3 is 1. The number of rotatable bonds is 25. The van der Waals surface area contributed by atoms with Gasteiger partial charge in [-0.2, -0.15) is 0 Å². The van der Waals surface area contributed by atoms with Crippen molar-refractivity contribution in [3.05, 3.63) is 95.7 Å². The number of cyclic esters (lactones) is 1. The van der Waals surface area contributed by atoms with Crippen LogP contribution in [0.15, 0.2) is 95.7 Å². The molecule has 25 atom stereocenters. The number of ether oxygens (including phenoxy) is 3. The van der Waals surface area contributed by atoms with E-state index >= 15 is 0 Å². The molecule has 2 aliphatic heterocycles. The van der Waals surface area contributed by atoms with Gasteiger partial charge in [-0.3, -0.25) is 19.2 Å². The van der Waals surface area contributed by atoms with E-state index in [0.29, 0.717) is 42.4 Å². The number of carbonyl (C=O) groups is 6. The van der Waals surface area contributed by atoms with E-state index in [4.69, 9.17) is 14.2 Å². The van der Waals surface area contributed by atoms with Gasteiger partial charge in [0.25, 0.3) is 0 Å². The van der Waals surface area contributed by atoms with Gasteiger partial charge in [0.05, 0.1) is 85.1 Å². The lowest BCUT2D eigenvalue weighted by Gasteiger charge is -2.38. The third kappa shape index (κ3) is 30.2. The first-order valence-corrected chi connectivity index (χ1v) is 36.3. The molecule has 0 aliphatic carbocycles. The van der Waals surface area contributed by atoms with Crippen molar-refractivity contribution >= 4 is 35.4 Å². The predicted molar refractivity (Wildman–Crippen MR) is 389 cm³/mol. The minimum atomic E-state index is -2.58. The van der Waals surface area contributed by atoms with Crippen LogP contribution in [0.2, 0.25) is 0 Å². The van der Waals surface area contributed by atoms with Gasteiger partial charge < -0.3 is 86.3 Å². The number of hydrogen-bond donors (Lipinski definition) is 14. The fourth-order valence-electron chi connectivity index (χ4n) is 13.1. The van der Waals surface area contributed by atoms with Crippen LogP contribution >= 0.6 is 0 Å². The van der Waals surface area contributed by atoms with Gasteiger partial charge in [0.2, 0.25) is 17.7 Å². The minimum Gasteiger partial charge on any atom is -0.479 e. The van der Waals surface area contributed by atoms with Crippen LogP contribution in [-0.4, -0.2) is 202 Å². The van der Waals surface area contributed by atoms with Crippen molar-refractivity contribution in [3.8, 4) is 0 Å². The molecule has 2 heterocycles. The molecule has 2 bridgehead atoms. The highest BCUT2D eigenvalue weighted by molar-refractivity contribution is 5.94. The number of allylic oxidation sites excluding steroid dienone is 7. The number of fused-ring (bicyclic) bond motifs is 2. The zero-order chi connectivity index (χ0) is 77.1. The lowest BCUT2D eigenvalue weighted by Crippen LogP contribution is -2.59. The summed E-state index contributed by atoms with van der Waals surface area (Å²) in [5.74, 6) is -11.4. The molecule has 0 unspecified atom stereocenters. The van der Waals surface area contributed by atoms with E-state index in [1.54, 1.807) is 101 Å². The maximum Gasteiger partial charge on any atom is 0.335 e. The Balaban J connectivity index is 2.51. The van der Waals surface area contributed by atoms with Crippen molar-refractivity contribution in [2.45, 2.75) is 286 Å². The third-order valence-corrected chi connectivity index (χ3v) is 20.1. The molecule has 2 rings (SSSR count). The highest BCUT2D eigenvalue weighted by Gasteiger charge is 2.44. The van der Waals surface area contributed by atoms with Crippen molar-refractivity contribution in [2.24, 2.45) is 64.6 Å². The Labute approximate surface area is 601 Å². The number of carboxylic acids is 1. The lowest BCUT2D eigenvalue weighted by atomic mass is 9.77. The van der Waals surface area contributed by atoms with Crippen molar-refractivity contribution < 1.29 is 99.1 Å². The quantitative estimate of drug-likeness (QED) is 0.0249. The van der Waals surface area contributed by atoms with E-state index in [0.717, 1.165) is 12.5 Å². The first kappa shape index (κ1) is 91.5. The topological polar surface area (TPSA) is 389 Å². The van der Waals surface area contributed by atoms with Crippen LogP contribution in [-0.2, 0) is 43.0 Å². The summed E-state index contributed by atoms with van der Waals surface area (Å²) in [6.45, 7) is 30.7. The number of aliphatic carboxylic acids is 1. The van der Waals surface area contributed by atoms with Crippen molar-refractivity contribution in [2.75, 3.05) is 7.11 Å². The van der Waals surface area contributed by atoms with E-state index in [9.17, 15) is 84.9 Å². The van der Waals surface area contributed by atoms with E-state index in [-0.39, 0.29) is 67.5 Å². The number of carbonyl (C=O) groups excluding carboxylic acids is 5. The van der Waals surface area contributed by atoms with Crippen LogP contribution in [0.25, 0.3) is 0 Å². The Morgan fingerprint density at radius 2 is 1.38 bits per heavy atom. The molecule has 0 spiro atoms. The normalized spacial score (nSPS) is 31.8. The SMILES string of the molecule is CO[C@@H]1/C=C/C=C/CC/C=C/C=C/C(=O)N[C@@H]([C@@H](O)C(=O)O)C(=O)O[C@H]([C@H](NC(=O)[C@H](C)[C@H](O)CC[C@H](C)[C@@H](O)/C(C)=C/[C@H](C)[C@H](O)[C@H](CC(C)C)NC(=O)/C=C/C(C)(C)C(=O)[C@H](C)[C@H](O)C(C)C)[C@H](C)O)[C@H](C)[C@H](O)C/C=C(\C)[C@@H](O)[C@H](C)/C=C(\C)[C@@H](O)[C@H](C)[C@@H](O)C[C@@H]2C[C@H](C)C[C@@H]1O2. The number of aliphatic hydroxyl groups excluding tert-OH is 10. The average molecular weight is 1430 g/mol. The monoisotopic (exact) mass is 1430 g/mol. The Bertz CT molecular complexity index is 2840. The summed E-state index contributed by atoms with van der Waals surface area (Å²) in [4.78, 5) is 80.9. The van der Waals surface area contributed by atoms with Crippen molar-refractivity contribution in [1.29, 1.82) is 0 Å². The summed E-state index contributed by atoms with van der Waals surface area (Å²) in [7, 11) is 1.60. The van der Waals surface area contributed by atoms with E-state index in [1.165, 1.54) is 45.1 Å². The van der Waals surface area contributed by atoms with Crippen LogP contribution < -0.4 is 16.0 Å².